The van der Waals surface area contributed by atoms with Gasteiger partial charge in [-0.2, -0.15) is 0 Å². The first-order valence-corrected chi connectivity index (χ1v) is 8.93. The van der Waals surface area contributed by atoms with Crippen LogP contribution in [0.1, 0.15) is 11.1 Å². The second kappa shape index (κ2) is 5.35. The van der Waals surface area contributed by atoms with Crippen LogP contribution in [0, 0.1) is 13.8 Å². The van der Waals surface area contributed by atoms with E-state index in [0.29, 0.717) is 5.17 Å². The maximum Gasteiger partial charge on any atom is 0.310 e. The molecule has 0 aliphatic carbocycles. The van der Waals surface area contributed by atoms with E-state index in [1.807, 2.05) is 10.6 Å². The molecule has 110 valence electrons. The van der Waals surface area contributed by atoms with E-state index >= 15 is 0 Å². The Bertz CT molecular complexity index is 686. The minimum Gasteiger partial charge on any atom is -1.00 e. The molecule has 1 aromatic carbocycles. The van der Waals surface area contributed by atoms with Crippen LogP contribution in [0.2, 0.25) is 0 Å². The molecule has 0 saturated carbocycles. The smallest absolute Gasteiger partial charge is 0.310 e. The van der Waals surface area contributed by atoms with E-state index in [-0.39, 0.29) is 39.8 Å². The number of sulfone groups is 1. The van der Waals surface area contributed by atoms with Crippen molar-refractivity contribution < 1.29 is 30.0 Å². The Labute approximate surface area is 134 Å². The number of thioether (sulfide) groups is 1. The molecular weight excluding hydrogens is 360 g/mol. The summed E-state index contributed by atoms with van der Waals surface area (Å²) in [6, 6.07) is 6.13. The highest BCUT2D eigenvalue weighted by Crippen LogP contribution is 2.36. The standard InChI is InChI=1S/C13H16N2O2S2.BrH/c1-8-3-4-10(5-9(8)2)15-11-6-19(16,17)7-12(11)18-13(15)14;/h3-5,11-12,14H,6-7H2,1-2H3;1H. The second-order valence-electron chi connectivity index (χ2n) is 5.28. The van der Waals surface area contributed by atoms with Gasteiger partial charge in [0.25, 0.3) is 0 Å². The van der Waals surface area contributed by atoms with Gasteiger partial charge in [0.15, 0.2) is 9.84 Å². The number of nitrogens with zero attached hydrogens (tertiary/aromatic N) is 1. The fourth-order valence-electron chi connectivity index (χ4n) is 2.72. The van der Waals surface area contributed by atoms with E-state index < -0.39 is 9.84 Å². The monoisotopic (exact) mass is 376 g/mol. The van der Waals surface area contributed by atoms with Gasteiger partial charge in [0.2, 0.25) is 0 Å². The summed E-state index contributed by atoms with van der Waals surface area (Å²) in [7, 11) is -2.92. The van der Waals surface area contributed by atoms with Crippen molar-refractivity contribution in [1.29, 1.82) is 0 Å². The van der Waals surface area contributed by atoms with Crippen molar-refractivity contribution in [2.75, 3.05) is 11.5 Å². The Morgan fingerprint density at radius 2 is 1.95 bits per heavy atom. The maximum absolute atomic E-state index is 11.8. The van der Waals surface area contributed by atoms with Crippen LogP contribution in [0.4, 0.5) is 5.69 Å². The predicted molar refractivity (Wildman–Crippen MR) is 78.9 cm³/mol. The van der Waals surface area contributed by atoms with E-state index in [1.165, 1.54) is 22.9 Å². The van der Waals surface area contributed by atoms with E-state index in [4.69, 9.17) is 5.73 Å². The molecule has 2 N–H and O–H groups in total. The number of hydrogen-bond donors (Lipinski definition) is 1. The van der Waals surface area contributed by atoms with Crippen LogP contribution >= 0.6 is 11.8 Å². The molecule has 0 amide bonds. The molecule has 4 nitrogen and oxygen atoms in total. The number of rotatable bonds is 1. The molecule has 1 fully saturated rings. The third-order valence-corrected chi connectivity index (χ3v) is 7.03. The highest BCUT2D eigenvalue weighted by molar-refractivity contribution is 8.15. The lowest BCUT2D eigenvalue weighted by molar-refractivity contribution is -0.470. The summed E-state index contributed by atoms with van der Waals surface area (Å²) < 4.78 is 25.5. The minimum absolute atomic E-state index is 0. The quantitative estimate of drug-likeness (QED) is 0.586. The lowest BCUT2D eigenvalue weighted by Gasteiger charge is -2.12. The topological polar surface area (TPSA) is 63.2 Å². The lowest BCUT2D eigenvalue weighted by atomic mass is 10.1. The number of amidine groups is 1. The molecule has 7 heteroatoms. The molecule has 2 aliphatic heterocycles. The van der Waals surface area contributed by atoms with Gasteiger partial charge in [-0.25, -0.2) is 13.0 Å². The third-order valence-electron chi connectivity index (χ3n) is 3.88. The molecule has 0 aromatic heterocycles. The van der Waals surface area contributed by atoms with Crippen LogP contribution in [0.5, 0.6) is 0 Å². The zero-order chi connectivity index (χ0) is 13.8. The fraction of sp³-hybridized carbons (Fsp3) is 0.462. The van der Waals surface area contributed by atoms with Gasteiger partial charge in [0, 0.05) is 0 Å². The minimum atomic E-state index is -2.92. The molecule has 0 radical (unpaired) electrons. The van der Waals surface area contributed by atoms with Crippen LogP contribution < -0.4 is 22.7 Å². The molecule has 1 saturated heterocycles. The Morgan fingerprint density at radius 3 is 2.60 bits per heavy atom. The summed E-state index contributed by atoms with van der Waals surface area (Å²) in [5.41, 5.74) is 9.51. The summed E-state index contributed by atoms with van der Waals surface area (Å²) >= 11 is 1.49. The summed E-state index contributed by atoms with van der Waals surface area (Å²) in [4.78, 5) is 0. The Kier molecular flexibility index (Phi) is 4.24. The van der Waals surface area contributed by atoms with Gasteiger partial charge < -0.3 is 17.0 Å². The van der Waals surface area contributed by atoms with Crippen molar-refractivity contribution in [3.63, 3.8) is 0 Å². The van der Waals surface area contributed by atoms with E-state index in [9.17, 15) is 8.42 Å². The number of aryl methyl sites for hydroxylation is 2. The second-order valence-corrected chi connectivity index (χ2v) is 8.69. The largest absolute Gasteiger partial charge is 1.00 e. The van der Waals surface area contributed by atoms with Gasteiger partial charge in [-0.05, 0) is 48.9 Å². The maximum atomic E-state index is 11.8. The van der Waals surface area contributed by atoms with E-state index in [0.717, 1.165) is 5.69 Å². The number of hydrogen-bond acceptors (Lipinski definition) is 4. The van der Waals surface area contributed by atoms with Gasteiger partial charge >= 0.3 is 5.17 Å². The molecule has 1 aromatic rings. The number of benzene rings is 1. The van der Waals surface area contributed by atoms with Gasteiger partial charge in [0.05, 0.1) is 16.8 Å². The zero-order valence-corrected chi connectivity index (χ0v) is 14.6. The lowest BCUT2D eigenvalue weighted by Crippen LogP contribution is -3.00. The molecule has 2 heterocycles. The van der Waals surface area contributed by atoms with Crippen LogP contribution in [-0.4, -0.2) is 41.0 Å². The Morgan fingerprint density at radius 1 is 1.25 bits per heavy atom. The van der Waals surface area contributed by atoms with Crippen LogP contribution in [0.3, 0.4) is 0 Å². The number of fused-ring (bicyclic) bond motifs is 1. The SMILES string of the molecule is Cc1ccc([N+]2=C(N)SC3CS(=O)(=O)CC32)cc1C.[Br-]. The third kappa shape index (κ3) is 2.63. The average Bonchev–Trinajstić information content (AvgIpc) is 2.73. The molecule has 20 heavy (non-hydrogen) atoms. The average molecular weight is 377 g/mol. The molecule has 2 aliphatic rings. The van der Waals surface area contributed by atoms with Crippen molar-refractivity contribution in [3.8, 4) is 0 Å². The Balaban J connectivity index is 0.00000147. The number of nitrogens with two attached hydrogens (primary N) is 1. The van der Waals surface area contributed by atoms with Crippen LogP contribution in [0.25, 0.3) is 0 Å². The molecule has 3 rings (SSSR count). The van der Waals surface area contributed by atoms with Crippen molar-refractivity contribution in [2.24, 2.45) is 5.73 Å². The highest BCUT2D eigenvalue weighted by atomic mass is 79.9. The summed E-state index contributed by atoms with van der Waals surface area (Å²) in [5.74, 6) is 0.447. The molecule has 0 spiro atoms. The van der Waals surface area contributed by atoms with Gasteiger partial charge in [0.1, 0.15) is 11.7 Å². The van der Waals surface area contributed by atoms with E-state index in [2.05, 4.69) is 26.0 Å². The zero-order valence-electron chi connectivity index (χ0n) is 11.3. The molecular formula is C13H17BrN2O2S2. The molecule has 2 atom stereocenters. The summed E-state index contributed by atoms with van der Waals surface area (Å²) in [6.45, 7) is 4.12. The van der Waals surface area contributed by atoms with Crippen LogP contribution in [-0.2, 0) is 9.84 Å². The van der Waals surface area contributed by atoms with E-state index in [1.54, 1.807) is 0 Å². The van der Waals surface area contributed by atoms with Gasteiger partial charge in [-0.1, -0.05) is 6.07 Å². The van der Waals surface area contributed by atoms with Crippen molar-refractivity contribution >= 4 is 32.5 Å². The summed E-state index contributed by atoms with van der Waals surface area (Å²) in [5, 5.41) is 0.791. The first kappa shape index (κ1) is 15.9. The van der Waals surface area contributed by atoms with Gasteiger partial charge in [-0.15, -0.1) is 0 Å². The van der Waals surface area contributed by atoms with Crippen LogP contribution in [0.15, 0.2) is 18.2 Å². The first-order chi connectivity index (χ1) is 8.87. The van der Waals surface area contributed by atoms with Crippen molar-refractivity contribution in [3.05, 3.63) is 29.3 Å². The highest BCUT2D eigenvalue weighted by Gasteiger charge is 2.49. The van der Waals surface area contributed by atoms with Crippen molar-refractivity contribution in [2.45, 2.75) is 25.1 Å². The first-order valence-electron chi connectivity index (χ1n) is 6.23. The normalized spacial score (nSPS) is 27.3. The Hall–Kier alpha value is -0.530. The predicted octanol–water partition coefficient (Wildman–Crippen LogP) is -1.82. The fourth-order valence-corrected chi connectivity index (χ4v) is 6.54. The number of halogens is 1. The molecule has 0 bridgehead atoms. The van der Waals surface area contributed by atoms with Crippen molar-refractivity contribution in [1.82, 2.24) is 0 Å². The summed E-state index contributed by atoms with van der Waals surface area (Å²) in [6.07, 6.45) is 0. The van der Waals surface area contributed by atoms with Gasteiger partial charge in [-0.3, -0.25) is 5.73 Å². The molecule has 2 unspecified atom stereocenters.